The largest absolute Gasteiger partial charge is 0.319 e. The molecule has 0 heterocycles. The van der Waals surface area contributed by atoms with E-state index in [-0.39, 0.29) is 0 Å². The molecule has 19 heavy (non-hydrogen) atoms. The molecule has 0 aromatic heterocycles. The molecule has 102 valence electrons. The highest BCUT2D eigenvalue weighted by molar-refractivity contribution is 5.81. The van der Waals surface area contributed by atoms with Crippen LogP contribution in [0.2, 0.25) is 0 Å². The molecule has 0 unspecified atom stereocenters. The van der Waals surface area contributed by atoms with E-state index < -0.39 is 0 Å². The molecule has 1 nitrogen and oxygen atoms in total. The van der Waals surface area contributed by atoms with Gasteiger partial charge in [0, 0.05) is 0 Å². The first-order valence-corrected chi connectivity index (χ1v) is 7.48. The van der Waals surface area contributed by atoms with E-state index in [1.54, 1.807) is 0 Å². The van der Waals surface area contributed by atoms with Gasteiger partial charge in [-0.15, -0.1) is 0 Å². The van der Waals surface area contributed by atoms with E-state index in [4.69, 9.17) is 0 Å². The zero-order chi connectivity index (χ0) is 13.3. The Hall–Kier alpha value is -1.34. The number of benzene rings is 2. The van der Waals surface area contributed by atoms with Crippen molar-refractivity contribution in [3.8, 4) is 0 Å². The van der Waals surface area contributed by atoms with E-state index in [1.165, 1.54) is 49.4 Å². The third kappa shape index (κ3) is 4.68. The highest BCUT2D eigenvalue weighted by Gasteiger charge is 2.11. The van der Waals surface area contributed by atoms with E-state index in [2.05, 4.69) is 60.9 Å². The Morgan fingerprint density at radius 3 is 1.74 bits per heavy atom. The average Bonchev–Trinajstić information content (AvgIpc) is 2.50. The second-order valence-corrected chi connectivity index (χ2v) is 5.41. The Bertz CT molecular complexity index is 404. The van der Waals surface area contributed by atoms with Crippen LogP contribution in [-0.4, -0.2) is 13.6 Å². The van der Waals surface area contributed by atoms with Gasteiger partial charge in [-0.3, -0.25) is 0 Å². The first kappa shape index (κ1) is 14.1. The first-order chi connectivity index (χ1) is 9.40. The molecule has 1 fully saturated rings. The van der Waals surface area contributed by atoms with Crippen LogP contribution in [0.3, 0.4) is 0 Å². The molecule has 0 aliphatic heterocycles. The minimum Gasteiger partial charge on any atom is -0.319 e. The van der Waals surface area contributed by atoms with Crippen LogP contribution in [0.4, 0.5) is 0 Å². The summed E-state index contributed by atoms with van der Waals surface area (Å²) in [6, 6.07) is 16.7. The van der Waals surface area contributed by atoms with E-state index in [0.29, 0.717) is 0 Å². The summed E-state index contributed by atoms with van der Waals surface area (Å²) in [7, 11) is 2.05. The maximum absolute atomic E-state index is 3.24. The van der Waals surface area contributed by atoms with Crippen molar-refractivity contribution in [2.75, 3.05) is 13.6 Å². The fraction of sp³-hybridized carbons (Fsp3) is 0.444. The number of rotatable bonds is 2. The summed E-state index contributed by atoms with van der Waals surface area (Å²) in [5.74, 6) is 0.990. The Morgan fingerprint density at radius 2 is 1.32 bits per heavy atom. The van der Waals surface area contributed by atoms with Gasteiger partial charge in [-0.25, -0.2) is 0 Å². The van der Waals surface area contributed by atoms with Gasteiger partial charge in [0.25, 0.3) is 0 Å². The summed E-state index contributed by atoms with van der Waals surface area (Å²) < 4.78 is 0. The summed E-state index contributed by atoms with van der Waals surface area (Å²) in [6.07, 6.45) is 7.32. The number of hydrogen-bond acceptors (Lipinski definition) is 1. The summed E-state index contributed by atoms with van der Waals surface area (Å²) in [5.41, 5.74) is 0. The van der Waals surface area contributed by atoms with E-state index >= 15 is 0 Å². The maximum atomic E-state index is 3.24. The van der Waals surface area contributed by atoms with Crippen LogP contribution in [0.1, 0.15) is 32.1 Å². The van der Waals surface area contributed by atoms with Gasteiger partial charge in [0.1, 0.15) is 0 Å². The monoisotopic (exact) mass is 255 g/mol. The van der Waals surface area contributed by atoms with Gasteiger partial charge in [-0.1, -0.05) is 67.8 Å². The van der Waals surface area contributed by atoms with Crippen molar-refractivity contribution in [2.24, 2.45) is 5.92 Å². The number of fused-ring (bicyclic) bond motifs is 1. The molecule has 3 rings (SSSR count). The topological polar surface area (TPSA) is 12.0 Å². The Balaban J connectivity index is 0.000000141. The lowest BCUT2D eigenvalue weighted by Gasteiger charge is -2.20. The van der Waals surface area contributed by atoms with Crippen LogP contribution in [0.15, 0.2) is 48.5 Å². The zero-order valence-electron chi connectivity index (χ0n) is 11.9. The Labute approximate surface area is 117 Å². The van der Waals surface area contributed by atoms with Crippen molar-refractivity contribution >= 4 is 10.8 Å². The first-order valence-electron chi connectivity index (χ1n) is 7.48. The SMILES string of the molecule is CNCC1CCCCC1.c1ccc2ccccc2c1. The molecule has 1 aliphatic rings. The lowest BCUT2D eigenvalue weighted by atomic mass is 9.89. The van der Waals surface area contributed by atoms with Crippen molar-refractivity contribution in [3.05, 3.63) is 48.5 Å². The van der Waals surface area contributed by atoms with Crippen molar-refractivity contribution < 1.29 is 0 Å². The molecular formula is C18H25N. The average molecular weight is 255 g/mol. The summed E-state index contributed by atoms with van der Waals surface area (Å²) in [4.78, 5) is 0. The molecule has 0 spiro atoms. The fourth-order valence-corrected chi connectivity index (χ4v) is 2.81. The van der Waals surface area contributed by atoms with Crippen LogP contribution in [0, 0.1) is 5.92 Å². The fourth-order valence-electron chi connectivity index (χ4n) is 2.81. The molecule has 1 saturated carbocycles. The summed E-state index contributed by atoms with van der Waals surface area (Å²) in [5, 5.41) is 5.86. The molecule has 1 N–H and O–H groups in total. The van der Waals surface area contributed by atoms with Crippen molar-refractivity contribution in [2.45, 2.75) is 32.1 Å². The van der Waals surface area contributed by atoms with Gasteiger partial charge in [0.2, 0.25) is 0 Å². The zero-order valence-corrected chi connectivity index (χ0v) is 11.9. The molecule has 0 saturated heterocycles. The molecule has 0 radical (unpaired) electrons. The predicted molar refractivity (Wildman–Crippen MR) is 84.4 cm³/mol. The third-order valence-corrected chi connectivity index (χ3v) is 3.88. The van der Waals surface area contributed by atoms with Gasteiger partial charge >= 0.3 is 0 Å². The summed E-state index contributed by atoms with van der Waals surface area (Å²) >= 11 is 0. The van der Waals surface area contributed by atoms with Gasteiger partial charge in [-0.2, -0.15) is 0 Å². The van der Waals surface area contributed by atoms with E-state index in [0.717, 1.165) is 5.92 Å². The molecule has 2 aromatic rings. The van der Waals surface area contributed by atoms with Crippen LogP contribution < -0.4 is 5.32 Å². The molecular weight excluding hydrogens is 230 g/mol. The molecule has 2 aromatic carbocycles. The predicted octanol–water partition coefficient (Wildman–Crippen LogP) is 4.63. The van der Waals surface area contributed by atoms with Crippen molar-refractivity contribution in [3.63, 3.8) is 0 Å². The van der Waals surface area contributed by atoms with E-state index in [9.17, 15) is 0 Å². The normalized spacial score (nSPS) is 15.8. The van der Waals surface area contributed by atoms with Crippen LogP contribution in [0.5, 0.6) is 0 Å². The molecule has 0 atom stereocenters. The maximum Gasteiger partial charge on any atom is -0.00235 e. The standard InChI is InChI=1S/C10H8.C8H17N/c1-2-6-10-8-4-3-7-9(10)5-1;1-9-7-8-5-3-2-4-6-8/h1-8H;8-9H,2-7H2,1H3. The van der Waals surface area contributed by atoms with Gasteiger partial charge in [0.15, 0.2) is 0 Å². The molecule has 0 amide bonds. The van der Waals surface area contributed by atoms with Gasteiger partial charge in [-0.05, 0) is 43.1 Å². The highest BCUT2D eigenvalue weighted by Crippen LogP contribution is 2.22. The Morgan fingerprint density at radius 1 is 0.842 bits per heavy atom. The molecule has 1 aliphatic carbocycles. The second kappa shape index (κ2) is 7.96. The lowest BCUT2D eigenvalue weighted by molar-refractivity contribution is 0.350. The highest BCUT2D eigenvalue weighted by atomic mass is 14.8. The minimum absolute atomic E-state index is 0.990. The smallest absolute Gasteiger partial charge is 0.00235 e. The van der Waals surface area contributed by atoms with Gasteiger partial charge < -0.3 is 5.32 Å². The Kier molecular flexibility index (Phi) is 5.90. The second-order valence-electron chi connectivity index (χ2n) is 5.41. The lowest BCUT2D eigenvalue weighted by Crippen LogP contribution is -2.20. The summed E-state index contributed by atoms with van der Waals surface area (Å²) in [6.45, 7) is 1.24. The quantitative estimate of drug-likeness (QED) is 0.825. The van der Waals surface area contributed by atoms with E-state index in [1.807, 2.05) is 0 Å². The van der Waals surface area contributed by atoms with Crippen LogP contribution in [-0.2, 0) is 0 Å². The van der Waals surface area contributed by atoms with Gasteiger partial charge in [0.05, 0.1) is 0 Å². The minimum atomic E-state index is 0.990. The third-order valence-electron chi connectivity index (χ3n) is 3.88. The molecule has 0 bridgehead atoms. The van der Waals surface area contributed by atoms with Crippen molar-refractivity contribution in [1.29, 1.82) is 0 Å². The molecule has 1 heteroatoms. The van der Waals surface area contributed by atoms with Crippen molar-refractivity contribution in [1.82, 2.24) is 5.32 Å². The van der Waals surface area contributed by atoms with Crippen LogP contribution >= 0.6 is 0 Å². The number of nitrogens with one attached hydrogen (secondary N) is 1. The number of hydrogen-bond donors (Lipinski definition) is 1. The van der Waals surface area contributed by atoms with Crippen LogP contribution in [0.25, 0.3) is 10.8 Å².